The predicted octanol–water partition coefficient (Wildman–Crippen LogP) is 4.61. The van der Waals surface area contributed by atoms with Crippen LogP contribution in [0.4, 0.5) is 0 Å². The van der Waals surface area contributed by atoms with Gasteiger partial charge in [0.1, 0.15) is 23.4 Å². The zero-order valence-corrected chi connectivity index (χ0v) is 24.9. The average molecular weight is 573 g/mol. The van der Waals surface area contributed by atoms with Gasteiger partial charge < -0.3 is 28.1 Å². The summed E-state index contributed by atoms with van der Waals surface area (Å²) < 4.78 is 35.8. The van der Waals surface area contributed by atoms with Gasteiger partial charge in [-0.3, -0.25) is 19.2 Å². The molecule has 10 heteroatoms. The average Bonchev–Trinajstić information content (AvgIpc) is 3.41. The highest BCUT2D eigenvalue weighted by Gasteiger charge is 2.80. The van der Waals surface area contributed by atoms with Crippen LogP contribution in [0, 0.1) is 22.2 Å². The van der Waals surface area contributed by atoms with Crippen LogP contribution in [-0.4, -0.2) is 54.4 Å². The van der Waals surface area contributed by atoms with Gasteiger partial charge in [-0.15, -0.1) is 0 Å². The van der Waals surface area contributed by atoms with Gasteiger partial charge in [0.2, 0.25) is 0 Å². The third-order valence-corrected chi connectivity index (χ3v) is 10.9. The Morgan fingerprint density at radius 3 is 2.39 bits per heavy atom. The molecule has 1 aromatic rings. The highest BCUT2D eigenvalue weighted by molar-refractivity contribution is 5.76. The van der Waals surface area contributed by atoms with Crippen molar-refractivity contribution in [2.75, 3.05) is 7.11 Å². The summed E-state index contributed by atoms with van der Waals surface area (Å²) in [5.74, 6) is -2.41. The third-order valence-electron chi connectivity index (χ3n) is 10.9. The zero-order valence-electron chi connectivity index (χ0n) is 24.9. The molecule has 0 N–H and O–H groups in total. The number of esters is 4. The molecule has 10 nitrogen and oxygen atoms in total. The van der Waals surface area contributed by atoms with Crippen molar-refractivity contribution in [1.82, 2.24) is 0 Å². The lowest BCUT2D eigenvalue weighted by molar-refractivity contribution is -0.348. The van der Waals surface area contributed by atoms with Crippen LogP contribution in [0.15, 0.2) is 35.2 Å². The largest absolute Gasteiger partial charge is 0.472 e. The Hall–Kier alpha value is -3.14. The van der Waals surface area contributed by atoms with E-state index in [-0.39, 0.29) is 19.3 Å². The van der Waals surface area contributed by atoms with Crippen molar-refractivity contribution < 1.29 is 47.3 Å². The van der Waals surface area contributed by atoms with Crippen LogP contribution in [0.5, 0.6) is 0 Å². The van der Waals surface area contributed by atoms with Crippen LogP contribution in [0.1, 0.15) is 85.3 Å². The zero-order chi connectivity index (χ0) is 30.2. The number of fused-ring (bicyclic) bond motifs is 3. The normalized spacial score (nSPS) is 40.9. The monoisotopic (exact) mass is 572 g/mol. The van der Waals surface area contributed by atoms with Crippen molar-refractivity contribution in [1.29, 1.82) is 0 Å². The van der Waals surface area contributed by atoms with Crippen LogP contribution in [-0.2, 0) is 42.9 Å². The van der Waals surface area contributed by atoms with E-state index in [9.17, 15) is 19.2 Å². The number of hydrogen-bond donors (Lipinski definition) is 0. The molecule has 224 valence electrons. The molecule has 0 amide bonds. The van der Waals surface area contributed by atoms with Gasteiger partial charge in [-0.2, -0.15) is 0 Å². The maximum absolute atomic E-state index is 13.3. The van der Waals surface area contributed by atoms with E-state index in [1.807, 2.05) is 27.7 Å². The van der Waals surface area contributed by atoms with Gasteiger partial charge >= 0.3 is 23.9 Å². The summed E-state index contributed by atoms with van der Waals surface area (Å²) >= 11 is 0. The minimum Gasteiger partial charge on any atom is -0.472 e. The highest BCUT2D eigenvalue weighted by atomic mass is 16.6. The Balaban J connectivity index is 1.75. The van der Waals surface area contributed by atoms with Crippen molar-refractivity contribution in [2.45, 2.75) is 103 Å². The molecule has 0 aromatic carbocycles. The molecule has 4 aliphatic rings. The molecule has 0 radical (unpaired) electrons. The summed E-state index contributed by atoms with van der Waals surface area (Å²) in [6.07, 6.45) is 1.99. The lowest BCUT2D eigenvalue weighted by atomic mass is 9.39. The lowest BCUT2D eigenvalue weighted by Gasteiger charge is -2.74. The fourth-order valence-corrected chi connectivity index (χ4v) is 8.83. The molecule has 2 saturated carbocycles. The molecule has 2 aliphatic heterocycles. The fraction of sp³-hybridized carbons (Fsp3) is 0.677. The van der Waals surface area contributed by atoms with E-state index in [2.05, 4.69) is 6.58 Å². The first-order valence-corrected chi connectivity index (χ1v) is 14.1. The Morgan fingerprint density at radius 1 is 1.10 bits per heavy atom. The van der Waals surface area contributed by atoms with Gasteiger partial charge in [0.25, 0.3) is 0 Å². The smallest absolute Gasteiger partial charge is 0.309 e. The van der Waals surface area contributed by atoms with Gasteiger partial charge in [0.15, 0.2) is 0 Å². The minimum absolute atomic E-state index is 0.0299. The summed E-state index contributed by atoms with van der Waals surface area (Å²) in [4.78, 5) is 51.4. The number of methoxy groups -OCH3 is 1. The van der Waals surface area contributed by atoms with Crippen LogP contribution >= 0.6 is 0 Å². The minimum atomic E-state index is -1.29. The number of cyclic esters (lactones) is 1. The fourth-order valence-electron chi connectivity index (χ4n) is 8.83. The number of rotatable bonds is 5. The molecular weight excluding hydrogens is 532 g/mol. The molecule has 2 saturated heterocycles. The number of ether oxygens (including phenoxy) is 5. The molecule has 2 aliphatic carbocycles. The Kier molecular flexibility index (Phi) is 6.76. The van der Waals surface area contributed by atoms with E-state index in [0.29, 0.717) is 24.0 Å². The second kappa shape index (κ2) is 9.44. The van der Waals surface area contributed by atoms with Gasteiger partial charge in [0, 0.05) is 48.5 Å². The second-order valence-corrected chi connectivity index (χ2v) is 13.1. The van der Waals surface area contributed by atoms with Crippen LogP contribution in [0.2, 0.25) is 0 Å². The van der Waals surface area contributed by atoms with Crippen molar-refractivity contribution >= 4 is 23.9 Å². The van der Waals surface area contributed by atoms with Gasteiger partial charge in [-0.25, -0.2) is 0 Å². The first-order chi connectivity index (χ1) is 19.1. The van der Waals surface area contributed by atoms with Crippen molar-refractivity contribution in [3.63, 3.8) is 0 Å². The summed E-state index contributed by atoms with van der Waals surface area (Å²) in [7, 11) is 1.32. The lowest BCUT2D eigenvalue weighted by Crippen LogP contribution is -2.80. The quantitative estimate of drug-likeness (QED) is 0.280. The highest BCUT2D eigenvalue weighted by Crippen LogP contribution is 2.74. The first kappa shape index (κ1) is 29.4. The third kappa shape index (κ3) is 3.85. The summed E-state index contributed by atoms with van der Waals surface area (Å²) in [6, 6.07) is 1.76. The predicted molar refractivity (Wildman–Crippen MR) is 143 cm³/mol. The van der Waals surface area contributed by atoms with E-state index in [4.69, 9.17) is 28.1 Å². The Morgan fingerprint density at radius 2 is 1.80 bits per heavy atom. The molecule has 2 bridgehead atoms. The molecule has 4 fully saturated rings. The van der Waals surface area contributed by atoms with Crippen LogP contribution in [0.3, 0.4) is 0 Å². The summed E-state index contributed by atoms with van der Waals surface area (Å²) in [6.45, 7) is 15.1. The molecule has 0 unspecified atom stereocenters. The van der Waals surface area contributed by atoms with Crippen molar-refractivity contribution in [2.24, 2.45) is 22.2 Å². The molecule has 1 spiro atoms. The van der Waals surface area contributed by atoms with E-state index in [0.717, 1.165) is 0 Å². The van der Waals surface area contributed by atoms with E-state index >= 15 is 0 Å². The first-order valence-electron chi connectivity index (χ1n) is 14.1. The Labute approximate surface area is 240 Å². The van der Waals surface area contributed by atoms with Gasteiger partial charge in [-0.1, -0.05) is 34.3 Å². The molecule has 5 rings (SSSR count). The topological polar surface area (TPSA) is 128 Å². The van der Waals surface area contributed by atoms with Crippen molar-refractivity contribution in [3.8, 4) is 0 Å². The summed E-state index contributed by atoms with van der Waals surface area (Å²) in [5.41, 5.74) is -3.95. The summed E-state index contributed by atoms with van der Waals surface area (Å²) in [5, 5.41) is 0. The van der Waals surface area contributed by atoms with Crippen molar-refractivity contribution in [3.05, 3.63) is 36.3 Å². The van der Waals surface area contributed by atoms with Crippen LogP contribution in [0.25, 0.3) is 0 Å². The van der Waals surface area contributed by atoms with Crippen LogP contribution < -0.4 is 0 Å². The van der Waals surface area contributed by atoms with Gasteiger partial charge in [-0.05, 0) is 30.4 Å². The molecular formula is C31H40O10. The SMILES string of the molecule is C=C1[C@@]2(OC(C)=O)CC[C@@]3(C)[C@@H](c4ccoc4)OC(=O)C[C@]13O[C@@H]1C[C@@H](OC(C)=O)C(C)(C)[C@@H](CC(=O)OC)[C@@]12C. The van der Waals surface area contributed by atoms with E-state index in [1.165, 1.54) is 27.2 Å². The number of carbonyl (C=O) groups is 4. The maximum Gasteiger partial charge on any atom is 0.309 e. The molecule has 3 heterocycles. The van der Waals surface area contributed by atoms with E-state index < -0.39 is 75.6 Å². The number of furan rings is 1. The molecule has 41 heavy (non-hydrogen) atoms. The van der Waals surface area contributed by atoms with E-state index in [1.54, 1.807) is 12.3 Å². The number of carbonyl (C=O) groups excluding carboxylic acids is 4. The number of hydrogen-bond acceptors (Lipinski definition) is 10. The maximum atomic E-state index is 13.3. The Bertz CT molecular complexity index is 1280. The molecule has 1 aromatic heterocycles. The standard InChI is InChI=1S/C31H40O10/c1-17-30(40-19(3)33)11-10-28(6)26(20-9-12-37-16-20)39-25(35)15-31(17,28)41-23-14-22(38-18(2)32)27(4,5)21(29(23,30)7)13-24(34)36-8/h9,12,16,21-23,26H,1,10-11,13-15H2,2-8H3/t21-,22-,23-,26-,28+,29+,30+,31+/m1/s1. The van der Waals surface area contributed by atoms with Gasteiger partial charge in [0.05, 0.1) is 32.2 Å². The second-order valence-electron chi connectivity index (χ2n) is 13.1. The molecule has 8 atom stereocenters.